The second kappa shape index (κ2) is 6.69. The monoisotopic (exact) mass is 394 g/mol. The van der Waals surface area contributed by atoms with Gasteiger partial charge in [-0.3, -0.25) is 14.4 Å². The van der Waals surface area contributed by atoms with E-state index in [-0.39, 0.29) is 53.4 Å². The minimum absolute atomic E-state index is 0.0139. The van der Waals surface area contributed by atoms with Crippen LogP contribution in [0.2, 0.25) is 0 Å². The summed E-state index contributed by atoms with van der Waals surface area (Å²) in [6.45, 7) is 0. The number of halogens is 1. The van der Waals surface area contributed by atoms with Crippen molar-refractivity contribution in [3.8, 4) is 0 Å². The summed E-state index contributed by atoms with van der Waals surface area (Å²) < 4.78 is 18.4. The first-order valence-electron chi connectivity index (χ1n) is 9.68. The highest BCUT2D eigenvalue weighted by Crippen LogP contribution is 2.57. The normalized spacial score (nSPS) is 28.9. The number of hydrogen-bond acceptors (Lipinski definition) is 4. The average molecular weight is 394 g/mol. The smallest absolute Gasteiger partial charge is 0.310 e. The number of carbonyl (C=O) groups excluding carboxylic acids is 3. The first kappa shape index (κ1) is 17.8. The molecule has 0 spiro atoms. The highest BCUT2D eigenvalue weighted by molar-refractivity contribution is 6.05. The topological polar surface area (TPSA) is 84.5 Å². The zero-order valence-electron chi connectivity index (χ0n) is 15.4. The van der Waals surface area contributed by atoms with Crippen LogP contribution in [-0.4, -0.2) is 23.9 Å². The van der Waals surface area contributed by atoms with Crippen LogP contribution in [-0.2, 0) is 14.3 Å². The molecule has 7 heteroatoms. The van der Waals surface area contributed by atoms with Crippen LogP contribution in [0.1, 0.15) is 23.2 Å². The second-order valence-corrected chi connectivity index (χ2v) is 7.95. The summed E-state index contributed by atoms with van der Waals surface area (Å²) in [5.74, 6) is -1.58. The van der Waals surface area contributed by atoms with Gasteiger partial charge in [0.15, 0.2) is 0 Å². The van der Waals surface area contributed by atoms with Gasteiger partial charge in [0.05, 0.1) is 11.8 Å². The molecule has 5 atom stereocenters. The minimum Gasteiger partial charge on any atom is -0.462 e. The van der Waals surface area contributed by atoms with E-state index in [1.807, 2.05) is 0 Å². The van der Waals surface area contributed by atoms with Crippen molar-refractivity contribution in [1.82, 2.24) is 0 Å². The van der Waals surface area contributed by atoms with E-state index in [1.54, 1.807) is 24.3 Å². The number of fused-ring (bicyclic) bond motifs is 1. The summed E-state index contributed by atoms with van der Waals surface area (Å²) >= 11 is 0. The molecule has 1 aliphatic heterocycles. The number of nitrogens with one attached hydrogen (secondary N) is 2. The van der Waals surface area contributed by atoms with Crippen LogP contribution in [0.15, 0.2) is 48.5 Å². The summed E-state index contributed by atoms with van der Waals surface area (Å²) in [4.78, 5) is 37.5. The predicted octanol–water partition coefficient (Wildman–Crippen LogP) is 3.21. The molecule has 1 heterocycles. The summed E-state index contributed by atoms with van der Waals surface area (Å²) in [5, 5.41) is 5.55. The third-order valence-electron chi connectivity index (χ3n) is 6.28. The third-order valence-corrected chi connectivity index (χ3v) is 6.28. The van der Waals surface area contributed by atoms with Gasteiger partial charge in [-0.25, -0.2) is 4.39 Å². The summed E-state index contributed by atoms with van der Waals surface area (Å²) in [6.07, 6.45) is 1.60. The molecule has 2 amide bonds. The molecule has 148 valence electrons. The molecule has 29 heavy (non-hydrogen) atoms. The van der Waals surface area contributed by atoms with Crippen molar-refractivity contribution >= 4 is 29.2 Å². The van der Waals surface area contributed by atoms with E-state index in [4.69, 9.17) is 4.74 Å². The minimum atomic E-state index is -0.384. The van der Waals surface area contributed by atoms with E-state index in [0.29, 0.717) is 16.9 Å². The maximum atomic E-state index is 13.0. The number of ether oxygens (including phenoxy) is 1. The lowest BCUT2D eigenvalue weighted by atomic mass is 9.79. The number of carbonyl (C=O) groups is 3. The van der Waals surface area contributed by atoms with Gasteiger partial charge in [-0.15, -0.1) is 0 Å². The van der Waals surface area contributed by atoms with Crippen LogP contribution in [0.25, 0.3) is 0 Å². The summed E-state index contributed by atoms with van der Waals surface area (Å²) in [5.41, 5.74) is 1.33. The number of benzene rings is 2. The molecule has 2 bridgehead atoms. The largest absolute Gasteiger partial charge is 0.462 e. The molecule has 3 aliphatic rings. The van der Waals surface area contributed by atoms with E-state index < -0.39 is 0 Å². The fourth-order valence-corrected chi connectivity index (χ4v) is 5.06. The van der Waals surface area contributed by atoms with Crippen LogP contribution in [0, 0.1) is 29.5 Å². The molecule has 2 N–H and O–H groups in total. The van der Waals surface area contributed by atoms with Crippen molar-refractivity contribution in [1.29, 1.82) is 0 Å². The van der Waals surface area contributed by atoms with Crippen LogP contribution in [0.3, 0.4) is 0 Å². The Morgan fingerprint density at radius 3 is 2.59 bits per heavy atom. The zero-order valence-corrected chi connectivity index (χ0v) is 15.4. The van der Waals surface area contributed by atoms with Gasteiger partial charge in [-0.1, -0.05) is 6.07 Å². The van der Waals surface area contributed by atoms with E-state index in [9.17, 15) is 18.8 Å². The van der Waals surface area contributed by atoms with Crippen LogP contribution in [0.5, 0.6) is 0 Å². The number of anilines is 2. The third kappa shape index (κ3) is 3.06. The first-order valence-corrected chi connectivity index (χ1v) is 9.68. The second-order valence-electron chi connectivity index (χ2n) is 7.95. The number of rotatable bonds is 4. The zero-order chi connectivity index (χ0) is 20.1. The molecule has 2 aromatic rings. The fraction of sp³-hybridized carbons (Fsp3) is 0.318. The van der Waals surface area contributed by atoms with E-state index in [0.717, 1.165) is 12.8 Å². The molecule has 2 aromatic carbocycles. The predicted molar refractivity (Wildman–Crippen MR) is 102 cm³/mol. The Morgan fingerprint density at radius 1 is 1.00 bits per heavy atom. The van der Waals surface area contributed by atoms with Gasteiger partial charge in [0, 0.05) is 22.9 Å². The average Bonchev–Trinajstić information content (AvgIpc) is 3.32. The lowest BCUT2D eigenvalue weighted by Crippen LogP contribution is -2.35. The van der Waals surface area contributed by atoms with Gasteiger partial charge in [0.2, 0.25) is 5.91 Å². The number of esters is 1. The maximum absolute atomic E-state index is 13.0. The molecular formula is C22H19FN2O4. The van der Waals surface area contributed by atoms with Crippen LogP contribution in [0.4, 0.5) is 15.8 Å². The van der Waals surface area contributed by atoms with Gasteiger partial charge in [0.1, 0.15) is 11.9 Å². The van der Waals surface area contributed by atoms with Crippen LogP contribution < -0.4 is 10.6 Å². The molecule has 0 aromatic heterocycles. The maximum Gasteiger partial charge on any atom is 0.310 e. The molecule has 0 radical (unpaired) electrons. The van der Waals surface area contributed by atoms with Gasteiger partial charge >= 0.3 is 5.97 Å². The Labute approximate surface area is 166 Å². The Balaban J connectivity index is 1.29. The van der Waals surface area contributed by atoms with Crippen molar-refractivity contribution in [2.45, 2.75) is 18.9 Å². The molecule has 2 aliphatic carbocycles. The summed E-state index contributed by atoms with van der Waals surface area (Å²) in [6, 6.07) is 12.1. The van der Waals surface area contributed by atoms with Gasteiger partial charge < -0.3 is 15.4 Å². The first-order chi connectivity index (χ1) is 14.0. The Morgan fingerprint density at radius 2 is 1.79 bits per heavy atom. The lowest BCUT2D eigenvalue weighted by Gasteiger charge is -2.23. The van der Waals surface area contributed by atoms with Crippen molar-refractivity contribution in [2.24, 2.45) is 23.7 Å². The van der Waals surface area contributed by atoms with Crippen molar-refractivity contribution < 1.29 is 23.5 Å². The Kier molecular flexibility index (Phi) is 4.12. The van der Waals surface area contributed by atoms with E-state index >= 15 is 0 Å². The quantitative estimate of drug-likeness (QED) is 0.780. The number of hydrogen-bond donors (Lipinski definition) is 2. The van der Waals surface area contributed by atoms with Gasteiger partial charge in [0.25, 0.3) is 5.91 Å². The molecule has 3 fully saturated rings. The molecular weight excluding hydrogens is 375 g/mol. The number of amides is 2. The molecule has 0 unspecified atom stereocenters. The molecule has 2 saturated carbocycles. The van der Waals surface area contributed by atoms with Crippen molar-refractivity contribution in [3.63, 3.8) is 0 Å². The standard InChI is InChI=1S/C22H19FN2O4/c23-13-4-6-14(7-5-13)24-20(26)11-2-1-3-15(8-11)25-21(27)18-12-9-16-17(10-12)29-22(28)19(16)18/h1-8,12,16-19H,9-10H2,(H,24,26)(H,25,27)/t12-,16+,17-,18-,19-/m1/s1. The molecule has 1 saturated heterocycles. The summed E-state index contributed by atoms with van der Waals surface area (Å²) in [7, 11) is 0. The fourth-order valence-electron chi connectivity index (χ4n) is 5.06. The molecule has 6 nitrogen and oxygen atoms in total. The Hall–Kier alpha value is -3.22. The van der Waals surface area contributed by atoms with Crippen molar-refractivity contribution in [3.05, 3.63) is 59.9 Å². The lowest BCUT2D eigenvalue weighted by molar-refractivity contribution is -0.145. The highest BCUT2D eigenvalue weighted by Gasteiger charge is 2.63. The van der Waals surface area contributed by atoms with Crippen LogP contribution >= 0.6 is 0 Å². The van der Waals surface area contributed by atoms with Crippen molar-refractivity contribution in [2.75, 3.05) is 10.6 Å². The Bertz CT molecular complexity index is 1000. The van der Waals surface area contributed by atoms with Gasteiger partial charge in [-0.2, -0.15) is 0 Å². The SMILES string of the molecule is O=C(Nc1ccc(F)cc1)c1cccc(NC(=O)[C@@H]2[C@@H]3C[C@@H]4[C@H]2C(=O)O[C@@H]4C3)c1. The van der Waals surface area contributed by atoms with E-state index in [1.165, 1.54) is 24.3 Å². The van der Waals surface area contributed by atoms with Gasteiger partial charge in [-0.05, 0) is 61.2 Å². The van der Waals surface area contributed by atoms with E-state index in [2.05, 4.69) is 10.6 Å². The molecule has 5 rings (SSSR count). The highest BCUT2D eigenvalue weighted by atomic mass is 19.1.